The lowest BCUT2D eigenvalue weighted by Crippen LogP contribution is -2.27. The van der Waals surface area contributed by atoms with Gasteiger partial charge in [-0.1, -0.05) is 18.2 Å². The van der Waals surface area contributed by atoms with Gasteiger partial charge in [-0.05, 0) is 44.7 Å². The fourth-order valence-electron chi connectivity index (χ4n) is 3.38. The molecule has 140 valence electrons. The summed E-state index contributed by atoms with van der Waals surface area (Å²) in [4.78, 5) is 21.3. The molecule has 2 aromatic heterocycles. The number of anilines is 2. The molecule has 0 unspecified atom stereocenters. The van der Waals surface area contributed by atoms with Gasteiger partial charge in [-0.3, -0.25) is 4.79 Å². The summed E-state index contributed by atoms with van der Waals surface area (Å²) in [6.45, 7) is 7.96. The van der Waals surface area contributed by atoms with E-state index in [-0.39, 0.29) is 23.1 Å². The monoisotopic (exact) mass is 364 g/mol. The van der Waals surface area contributed by atoms with Crippen LogP contribution in [-0.2, 0) is 6.54 Å². The first-order valence-corrected chi connectivity index (χ1v) is 8.84. The molecule has 0 spiro atoms. The Morgan fingerprint density at radius 2 is 2.07 bits per heavy atom. The maximum atomic E-state index is 13.1. The minimum atomic E-state index is 0.00283. The highest BCUT2D eigenvalue weighted by molar-refractivity contribution is 6.04. The van der Waals surface area contributed by atoms with Crippen molar-refractivity contribution in [1.82, 2.24) is 14.5 Å². The molecule has 3 aromatic rings. The van der Waals surface area contributed by atoms with Crippen LogP contribution >= 0.6 is 0 Å². The van der Waals surface area contributed by atoms with E-state index in [1.54, 1.807) is 11.5 Å². The van der Waals surface area contributed by atoms with Crippen molar-refractivity contribution in [1.29, 1.82) is 5.41 Å². The third-order valence-corrected chi connectivity index (χ3v) is 4.57. The van der Waals surface area contributed by atoms with E-state index >= 15 is 0 Å². The predicted octanol–water partition coefficient (Wildman–Crippen LogP) is 3.26. The largest absolute Gasteiger partial charge is 0.383 e. The minimum absolute atomic E-state index is 0.00283. The quantitative estimate of drug-likeness (QED) is 0.602. The zero-order chi connectivity index (χ0) is 19.7. The van der Waals surface area contributed by atoms with Crippen LogP contribution < -0.4 is 16.6 Å². The molecular formula is C20H24N6O. The van der Waals surface area contributed by atoms with Crippen LogP contribution in [0, 0.1) is 12.3 Å². The highest BCUT2D eigenvalue weighted by atomic mass is 16.1. The molecule has 2 heterocycles. The summed E-state index contributed by atoms with van der Waals surface area (Å²) in [7, 11) is 0. The number of nitrogens with one attached hydrogen (secondary N) is 2. The Morgan fingerprint density at radius 1 is 1.33 bits per heavy atom. The van der Waals surface area contributed by atoms with Gasteiger partial charge in [0.15, 0.2) is 0 Å². The van der Waals surface area contributed by atoms with Crippen molar-refractivity contribution in [3.8, 4) is 0 Å². The molecule has 4 N–H and O–H groups in total. The van der Waals surface area contributed by atoms with Crippen LogP contribution in [0.3, 0.4) is 0 Å². The van der Waals surface area contributed by atoms with Gasteiger partial charge in [0.1, 0.15) is 18.0 Å². The van der Waals surface area contributed by atoms with Gasteiger partial charge in [0.05, 0.1) is 17.5 Å². The van der Waals surface area contributed by atoms with Crippen molar-refractivity contribution in [2.45, 2.75) is 40.3 Å². The summed E-state index contributed by atoms with van der Waals surface area (Å²) < 4.78 is 1.80. The molecule has 0 aliphatic heterocycles. The Morgan fingerprint density at radius 3 is 2.74 bits per heavy atom. The molecule has 7 heteroatoms. The lowest BCUT2D eigenvalue weighted by atomic mass is 10.1. The number of benzene rings is 1. The van der Waals surface area contributed by atoms with Crippen LogP contribution in [0.5, 0.6) is 0 Å². The lowest BCUT2D eigenvalue weighted by Gasteiger charge is -2.19. The average molecular weight is 364 g/mol. The summed E-state index contributed by atoms with van der Waals surface area (Å²) in [5.41, 5.74) is 8.48. The fraction of sp³-hybridized carbons (Fsp3) is 0.300. The average Bonchev–Trinajstić information content (AvgIpc) is 2.59. The number of nitrogen functional groups attached to an aromatic ring is 1. The lowest BCUT2D eigenvalue weighted by molar-refractivity contribution is 0.558. The van der Waals surface area contributed by atoms with E-state index in [1.165, 1.54) is 6.33 Å². The first kappa shape index (κ1) is 18.6. The molecule has 0 aliphatic carbocycles. The summed E-state index contributed by atoms with van der Waals surface area (Å²) in [5.74, 6) is 0.748. The topological polar surface area (TPSA) is 110 Å². The number of hydrogen-bond donors (Lipinski definition) is 3. The summed E-state index contributed by atoms with van der Waals surface area (Å²) in [6.07, 6.45) is 1.36. The molecule has 7 nitrogen and oxygen atoms in total. The van der Waals surface area contributed by atoms with Crippen LogP contribution in [0.2, 0.25) is 0 Å². The van der Waals surface area contributed by atoms with Crippen molar-refractivity contribution >= 4 is 28.1 Å². The molecule has 0 amide bonds. The molecule has 0 fully saturated rings. The first-order valence-electron chi connectivity index (χ1n) is 8.84. The van der Waals surface area contributed by atoms with Crippen molar-refractivity contribution in [2.75, 3.05) is 11.1 Å². The third kappa shape index (κ3) is 3.40. The predicted molar refractivity (Wildman–Crippen MR) is 110 cm³/mol. The van der Waals surface area contributed by atoms with Crippen molar-refractivity contribution in [2.24, 2.45) is 0 Å². The molecule has 0 saturated heterocycles. The second-order valence-corrected chi connectivity index (χ2v) is 6.90. The Labute approximate surface area is 157 Å². The molecule has 0 radical (unpaired) electrons. The minimum Gasteiger partial charge on any atom is -0.383 e. The number of pyridine rings is 1. The number of hydrogen-bond acceptors (Lipinski definition) is 6. The molecule has 3 rings (SSSR count). The highest BCUT2D eigenvalue weighted by Crippen LogP contribution is 2.21. The Kier molecular flexibility index (Phi) is 4.94. The number of aryl methyl sites for hydroxylation is 1. The highest BCUT2D eigenvalue weighted by Gasteiger charge is 2.15. The number of fused-ring (bicyclic) bond motifs is 1. The van der Waals surface area contributed by atoms with Gasteiger partial charge in [-0.2, -0.15) is 0 Å². The van der Waals surface area contributed by atoms with Gasteiger partial charge in [0, 0.05) is 17.4 Å². The van der Waals surface area contributed by atoms with Gasteiger partial charge in [-0.15, -0.1) is 0 Å². The number of nitrogens with zero attached hydrogens (tertiary/aromatic N) is 3. The third-order valence-electron chi connectivity index (χ3n) is 4.57. The van der Waals surface area contributed by atoms with E-state index in [0.29, 0.717) is 17.9 Å². The standard InChI is InChI=1S/C20H24N6O/c1-11(2)26-15(8-14-7-5-6-12(3)16(14)20(26)27)9-23-19-17(13(4)21)18(22)24-10-25-19/h5-8,10-11,21H,9H2,1-4H3,(H3,22,23,24,25). The van der Waals surface area contributed by atoms with Crippen LogP contribution in [0.15, 0.2) is 35.4 Å². The summed E-state index contributed by atoms with van der Waals surface area (Å²) >= 11 is 0. The molecule has 0 atom stereocenters. The maximum Gasteiger partial charge on any atom is 0.259 e. The van der Waals surface area contributed by atoms with Crippen LogP contribution in [0.1, 0.15) is 43.6 Å². The Balaban J connectivity index is 2.09. The van der Waals surface area contributed by atoms with Crippen LogP contribution in [0.25, 0.3) is 10.8 Å². The summed E-state index contributed by atoms with van der Waals surface area (Å²) in [5, 5.41) is 12.8. The summed E-state index contributed by atoms with van der Waals surface area (Å²) in [6, 6.07) is 7.90. The van der Waals surface area contributed by atoms with E-state index in [9.17, 15) is 4.79 Å². The van der Waals surface area contributed by atoms with Gasteiger partial charge in [0.25, 0.3) is 5.56 Å². The van der Waals surface area contributed by atoms with Crippen molar-refractivity contribution < 1.29 is 0 Å². The van der Waals surface area contributed by atoms with Gasteiger partial charge < -0.3 is 21.0 Å². The smallest absolute Gasteiger partial charge is 0.259 e. The fourth-order valence-corrected chi connectivity index (χ4v) is 3.38. The zero-order valence-corrected chi connectivity index (χ0v) is 16.0. The van der Waals surface area contributed by atoms with Crippen LogP contribution in [0.4, 0.5) is 11.6 Å². The Hall–Kier alpha value is -3.22. The number of rotatable bonds is 5. The second kappa shape index (κ2) is 7.19. The van der Waals surface area contributed by atoms with Gasteiger partial charge in [0.2, 0.25) is 0 Å². The van der Waals surface area contributed by atoms with E-state index in [0.717, 1.165) is 22.0 Å². The number of aromatic nitrogens is 3. The van der Waals surface area contributed by atoms with Crippen molar-refractivity contribution in [3.05, 3.63) is 57.8 Å². The van der Waals surface area contributed by atoms with Gasteiger partial charge in [-0.25, -0.2) is 9.97 Å². The van der Waals surface area contributed by atoms with E-state index < -0.39 is 0 Å². The molecule has 0 aliphatic rings. The maximum absolute atomic E-state index is 13.1. The molecule has 1 aromatic carbocycles. The molecule has 0 bridgehead atoms. The second-order valence-electron chi connectivity index (χ2n) is 6.90. The van der Waals surface area contributed by atoms with Crippen molar-refractivity contribution in [3.63, 3.8) is 0 Å². The normalized spacial score (nSPS) is 11.1. The molecule has 27 heavy (non-hydrogen) atoms. The van der Waals surface area contributed by atoms with Gasteiger partial charge >= 0.3 is 0 Å². The Bertz CT molecular complexity index is 1080. The first-order chi connectivity index (χ1) is 12.8. The van der Waals surface area contributed by atoms with Crippen LogP contribution in [-0.4, -0.2) is 20.2 Å². The molecular weight excluding hydrogens is 340 g/mol. The number of nitrogens with two attached hydrogens (primary N) is 1. The SMILES string of the molecule is CC(=N)c1c(N)ncnc1NCc1cc2cccc(C)c2c(=O)n1C(C)C. The van der Waals surface area contributed by atoms with E-state index in [1.807, 2.05) is 45.0 Å². The van der Waals surface area contributed by atoms with E-state index in [4.69, 9.17) is 11.1 Å². The van der Waals surface area contributed by atoms with E-state index in [2.05, 4.69) is 15.3 Å². The zero-order valence-electron chi connectivity index (χ0n) is 16.0. The molecule has 0 saturated carbocycles.